The Labute approximate surface area is 202 Å². The predicted octanol–water partition coefficient (Wildman–Crippen LogP) is 2.84. The highest BCUT2D eigenvalue weighted by Crippen LogP contribution is 2.28. The maximum Gasteiger partial charge on any atom is 0.243 e. The van der Waals surface area contributed by atoms with Gasteiger partial charge in [-0.3, -0.25) is 9.59 Å². The van der Waals surface area contributed by atoms with E-state index in [2.05, 4.69) is 12.1 Å². The first-order valence-corrected chi connectivity index (χ1v) is 13.5. The molecule has 2 fully saturated rings. The summed E-state index contributed by atoms with van der Waals surface area (Å²) in [6.07, 6.45) is 3.37. The molecule has 2 amide bonds. The average molecular weight is 484 g/mol. The SMILES string of the molecule is Cc1ccc(S(=O)(=O)N2CCC[C@H]2C(=O)N2CCN(C(=O)CCCc3ccccc3)CC2)cc1. The molecule has 0 unspecified atom stereocenters. The van der Waals surface area contributed by atoms with Crippen LogP contribution in [0.5, 0.6) is 0 Å². The number of rotatable bonds is 7. The minimum absolute atomic E-state index is 0.118. The summed E-state index contributed by atoms with van der Waals surface area (Å²) in [5.74, 6) is -0.0307. The molecule has 0 saturated carbocycles. The third-order valence-corrected chi connectivity index (χ3v) is 8.68. The lowest BCUT2D eigenvalue weighted by molar-refractivity contribution is -0.141. The van der Waals surface area contributed by atoms with Gasteiger partial charge in [0, 0.05) is 39.1 Å². The minimum Gasteiger partial charge on any atom is -0.339 e. The number of piperazine rings is 1. The van der Waals surface area contributed by atoms with Crippen molar-refractivity contribution in [2.75, 3.05) is 32.7 Å². The van der Waals surface area contributed by atoms with Gasteiger partial charge >= 0.3 is 0 Å². The maximum absolute atomic E-state index is 13.3. The van der Waals surface area contributed by atoms with E-state index in [0.717, 1.165) is 18.4 Å². The van der Waals surface area contributed by atoms with Gasteiger partial charge in [-0.1, -0.05) is 48.0 Å². The standard InChI is InChI=1S/C26H33N3O4S/c1-21-12-14-23(15-13-21)34(32,33)29-16-6-10-24(29)26(31)28-19-17-27(18-20-28)25(30)11-5-9-22-7-3-2-4-8-22/h2-4,7-8,12-15,24H,5-6,9-11,16-20H2,1H3/t24-/m0/s1. The lowest BCUT2D eigenvalue weighted by atomic mass is 10.1. The van der Waals surface area contributed by atoms with E-state index in [-0.39, 0.29) is 16.7 Å². The van der Waals surface area contributed by atoms with Crippen molar-refractivity contribution in [1.82, 2.24) is 14.1 Å². The Morgan fingerprint density at radius 1 is 0.882 bits per heavy atom. The van der Waals surface area contributed by atoms with Crippen LogP contribution < -0.4 is 0 Å². The van der Waals surface area contributed by atoms with E-state index in [1.807, 2.05) is 30.0 Å². The topological polar surface area (TPSA) is 78.0 Å². The quantitative estimate of drug-likeness (QED) is 0.607. The van der Waals surface area contributed by atoms with Crippen LogP contribution in [0.15, 0.2) is 59.5 Å². The summed E-state index contributed by atoms with van der Waals surface area (Å²) in [5.41, 5.74) is 2.22. The molecule has 2 aliphatic rings. The smallest absolute Gasteiger partial charge is 0.243 e. The Morgan fingerprint density at radius 3 is 2.21 bits per heavy atom. The number of nitrogens with zero attached hydrogens (tertiary/aromatic N) is 3. The number of sulfonamides is 1. The van der Waals surface area contributed by atoms with E-state index in [1.54, 1.807) is 29.2 Å². The van der Waals surface area contributed by atoms with Crippen LogP contribution in [0.3, 0.4) is 0 Å². The third-order valence-electron chi connectivity index (χ3n) is 6.76. The molecular formula is C26H33N3O4S. The van der Waals surface area contributed by atoms with Gasteiger partial charge in [-0.25, -0.2) is 8.42 Å². The Morgan fingerprint density at radius 2 is 1.53 bits per heavy atom. The van der Waals surface area contributed by atoms with Crippen LogP contribution in [0, 0.1) is 6.92 Å². The van der Waals surface area contributed by atoms with Gasteiger partial charge in [0.2, 0.25) is 21.8 Å². The molecule has 1 atom stereocenters. The summed E-state index contributed by atoms with van der Waals surface area (Å²) in [5, 5.41) is 0. The molecule has 34 heavy (non-hydrogen) atoms. The zero-order chi connectivity index (χ0) is 24.1. The van der Waals surface area contributed by atoms with E-state index < -0.39 is 16.1 Å². The summed E-state index contributed by atoms with van der Waals surface area (Å²) in [7, 11) is -3.72. The lowest BCUT2D eigenvalue weighted by Gasteiger charge is -2.37. The van der Waals surface area contributed by atoms with Gasteiger partial charge in [0.05, 0.1) is 4.90 Å². The Bertz CT molecular complexity index is 1090. The fourth-order valence-electron chi connectivity index (χ4n) is 4.75. The molecule has 0 N–H and O–H groups in total. The van der Waals surface area contributed by atoms with Gasteiger partial charge in [0.25, 0.3) is 0 Å². The zero-order valence-corrected chi connectivity index (χ0v) is 20.5. The molecule has 8 heteroatoms. The zero-order valence-electron chi connectivity index (χ0n) is 19.7. The van der Waals surface area contributed by atoms with E-state index in [4.69, 9.17) is 0 Å². The second kappa shape index (κ2) is 10.7. The van der Waals surface area contributed by atoms with Gasteiger partial charge in [-0.15, -0.1) is 0 Å². The molecule has 4 rings (SSSR count). The number of amides is 2. The summed E-state index contributed by atoms with van der Waals surface area (Å²) in [4.78, 5) is 29.7. The van der Waals surface area contributed by atoms with Crippen molar-refractivity contribution in [2.45, 2.75) is 50.0 Å². The molecule has 182 valence electrons. The highest BCUT2D eigenvalue weighted by molar-refractivity contribution is 7.89. The molecule has 0 radical (unpaired) electrons. The van der Waals surface area contributed by atoms with Crippen LogP contribution in [0.4, 0.5) is 0 Å². The molecule has 2 aromatic carbocycles. The second-order valence-electron chi connectivity index (χ2n) is 9.13. The van der Waals surface area contributed by atoms with Crippen LogP contribution >= 0.6 is 0 Å². The first-order chi connectivity index (χ1) is 16.4. The van der Waals surface area contributed by atoms with Crippen LogP contribution in [-0.2, 0) is 26.0 Å². The minimum atomic E-state index is -3.72. The van der Waals surface area contributed by atoms with Crippen LogP contribution in [-0.4, -0.2) is 73.1 Å². The van der Waals surface area contributed by atoms with Crippen LogP contribution in [0.25, 0.3) is 0 Å². The number of hydrogen-bond donors (Lipinski definition) is 0. The first-order valence-electron chi connectivity index (χ1n) is 12.1. The van der Waals surface area contributed by atoms with Crippen molar-refractivity contribution in [3.63, 3.8) is 0 Å². The van der Waals surface area contributed by atoms with E-state index in [9.17, 15) is 18.0 Å². The molecule has 2 aromatic rings. The monoisotopic (exact) mass is 483 g/mol. The van der Waals surface area contributed by atoms with Crippen molar-refractivity contribution < 1.29 is 18.0 Å². The molecule has 2 saturated heterocycles. The average Bonchev–Trinajstić information content (AvgIpc) is 3.36. The van der Waals surface area contributed by atoms with Crippen molar-refractivity contribution in [2.24, 2.45) is 0 Å². The Hall–Kier alpha value is -2.71. The Kier molecular flexibility index (Phi) is 7.68. The van der Waals surface area contributed by atoms with Gasteiger partial charge in [0.1, 0.15) is 6.04 Å². The summed E-state index contributed by atoms with van der Waals surface area (Å²) in [6.45, 7) is 4.13. The van der Waals surface area contributed by atoms with Crippen molar-refractivity contribution in [3.05, 3.63) is 65.7 Å². The van der Waals surface area contributed by atoms with Gasteiger partial charge in [-0.05, 0) is 50.3 Å². The van der Waals surface area contributed by atoms with Crippen molar-refractivity contribution in [3.8, 4) is 0 Å². The molecule has 0 aliphatic carbocycles. The molecule has 0 bridgehead atoms. The summed E-state index contributed by atoms with van der Waals surface area (Å²) in [6, 6.07) is 16.2. The molecule has 2 heterocycles. The van der Waals surface area contributed by atoms with Crippen molar-refractivity contribution >= 4 is 21.8 Å². The predicted molar refractivity (Wildman–Crippen MR) is 131 cm³/mol. The van der Waals surface area contributed by atoms with Crippen molar-refractivity contribution in [1.29, 1.82) is 0 Å². The third kappa shape index (κ3) is 5.50. The normalized spacial score (nSPS) is 19.4. The second-order valence-corrected chi connectivity index (χ2v) is 11.0. The number of aryl methyl sites for hydroxylation is 2. The van der Waals surface area contributed by atoms with Gasteiger partial charge < -0.3 is 9.80 Å². The molecule has 2 aliphatic heterocycles. The highest BCUT2D eigenvalue weighted by Gasteiger charge is 2.41. The van der Waals surface area contributed by atoms with Crippen LogP contribution in [0.2, 0.25) is 0 Å². The molecular weight excluding hydrogens is 450 g/mol. The first kappa shape index (κ1) is 24.4. The van der Waals surface area contributed by atoms with E-state index in [0.29, 0.717) is 52.0 Å². The van der Waals surface area contributed by atoms with Gasteiger partial charge in [-0.2, -0.15) is 4.31 Å². The number of carbonyl (C=O) groups excluding carboxylic acids is 2. The summed E-state index contributed by atoms with van der Waals surface area (Å²) < 4.78 is 27.7. The highest BCUT2D eigenvalue weighted by atomic mass is 32.2. The molecule has 0 spiro atoms. The van der Waals surface area contributed by atoms with E-state index >= 15 is 0 Å². The number of benzene rings is 2. The largest absolute Gasteiger partial charge is 0.339 e. The van der Waals surface area contributed by atoms with Gasteiger partial charge in [0.15, 0.2) is 0 Å². The number of hydrogen-bond acceptors (Lipinski definition) is 4. The maximum atomic E-state index is 13.3. The fourth-order valence-corrected chi connectivity index (χ4v) is 6.40. The Balaban J connectivity index is 1.30. The lowest BCUT2D eigenvalue weighted by Crippen LogP contribution is -2.55. The summed E-state index contributed by atoms with van der Waals surface area (Å²) >= 11 is 0. The fraction of sp³-hybridized carbons (Fsp3) is 0.462. The van der Waals surface area contributed by atoms with Crippen LogP contribution in [0.1, 0.15) is 36.8 Å². The van der Waals surface area contributed by atoms with E-state index in [1.165, 1.54) is 9.87 Å². The number of carbonyl (C=O) groups is 2. The molecule has 7 nitrogen and oxygen atoms in total. The molecule has 0 aromatic heterocycles.